The Hall–Kier alpha value is -2.89. The van der Waals surface area contributed by atoms with Crippen LogP contribution in [0.1, 0.15) is 156 Å². The molecule has 2 rings (SSSR count). The fraction of sp³-hybridized carbons (Fsp3) is 0.675. The summed E-state index contributed by atoms with van der Waals surface area (Å²) in [6.07, 6.45) is 10.5. The van der Waals surface area contributed by atoms with Gasteiger partial charge in [0, 0.05) is 6.42 Å². The Labute approximate surface area is 280 Å². The summed E-state index contributed by atoms with van der Waals surface area (Å²) in [4.78, 5) is 14.4. The Balaban J connectivity index is 2.56. The topological polar surface area (TPSA) is 63.2 Å². The second kappa shape index (κ2) is 21.1. The summed E-state index contributed by atoms with van der Waals surface area (Å²) < 4.78 is 32.1. The second-order valence-corrected chi connectivity index (χ2v) is 13.0. The van der Waals surface area contributed by atoms with E-state index >= 15 is 0 Å². The zero-order valence-electron chi connectivity index (χ0n) is 30.7. The number of hydrogen-bond acceptors (Lipinski definition) is 6. The van der Waals surface area contributed by atoms with Crippen molar-refractivity contribution < 1.29 is 28.5 Å². The molecule has 0 aliphatic carbocycles. The molecule has 0 aliphatic heterocycles. The van der Waals surface area contributed by atoms with Crippen LogP contribution in [0, 0.1) is 0 Å². The van der Waals surface area contributed by atoms with Crippen LogP contribution in [-0.4, -0.2) is 36.3 Å². The molecule has 0 radical (unpaired) electrons. The quantitative estimate of drug-likeness (QED) is 0.106. The van der Waals surface area contributed by atoms with Crippen molar-refractivity contribution in [2.24, 2.45) is 0 Å². The van der Waals surface area contributed by atoms with Gasteiger partial charge in [0.25, 0.3) is 0 Å². The van der Waals surface area contributed by atoms with Crippen LogP contribution in [0.2, 0.25) is 0 Å². The fourth-order valence-corrected chi connectivity index (χ4v) is 5.84. The number of ether oxygens (including phenoxy) is 5. The van der Waals surface area contributed by atoms with Crippen molar-refractivity contribution in [2.45, 2.75) is 177 Å². The molecule has 0 aromatic heterocycles. The van der Waals surface area contributed by atoms with Crippen LogP contribution in [0.5, 0.6) is 28.7 Å². The first-order valence-electron chi connectivity index (χ1n) is 18.2. The van der Waals surface area contributed by atoms with Crippen LogP contribution in [0.3, 0.4) is 0 Å². The molecule has 0 heterocycles. The highest BCUT2D eigenvalue weighted by Crippen LogP contribution is 2.41. The molecule has 0 amide bonds. The third-order valence-electron chi connectivity index (χ3n) is 8.13. The summed E-state index contributed by atoms with van der Waals surface area (Å²) >= 11 is 0. The SMILES string of the molecule is CCCC(C)Oc1ccc(OC(C)CCC)c(CCC(=O)c2c(OC(C)CCC)ccc(OC(C)CCC)c2OC(C)CCC)c1. The molecule has 0 saturated heterocycles. The highest BCUT2D eigenvalue weighted by Gasteiger charge is 2.27. The average molecular weight is 641 g/mol. The maximum absolute atomic E-state index is 14.4. The minimum Gasteiger partial charge on any atom is -0.491 e. The van der Waals surface area contributed by atoms with Crippen LogP contribution in [-0.2, 0) is 6.42 Å². The Kier molecular flexibility index (Phi) is 18.0. The van der Waals surface area contributed by atoms with Crippen molar-refractivity contribution in [3.05, 3.63) is 41.5 Å². The monoisotopic (exact) mass is 640 g/mol. The summed E-state index contributed by atoms with van der Waals surface area (Å²) in [7, 11) is 0. The van der Waals surface area contributed by atoms with Crippen molar-refractivity contribution in [1.82, 2.24) is 0 Å². The summed E-state index contributed by atoms with van der Waals surface area (Å²) in [5.41, 5.74) is 1.43. The lowest BCUT2D eigenvalue weighted by Gasteiger charge is -2.25. The molecule has 0 fully saturated rings. The Morgan fingerprint density at radius 1 is 0.543 bits per heavy atom. The van der Waals surface area contributed by atoms with Crippen molar-refractivity contribution in [2.75, 3.05) is 0 Å². The van der Waals surface area contributed by atoms with Gasteiger partial charge in [0.05, 0.1) is 30.5 Å². The number of ketones is 1. The van der Waals surface area contributed by atoms with E-state index in [1.807, 2.05) is 30.3 Å². The van der Waals surface area contributed by atoms with Gasteiger partial charge in [0.2, 0.25) is 0 Å². The smallest absolute Gasteiger partial charge is 0.176 e. The van der Waals surface area contributed by atoms with Crippen LogP contribution in [0.4, 0.5) is 0 Å². The highest BCUT2D eigenvalue weighted by molar-refractivity contribution is 6.02. The van der Waals surface area contributed by atoms with Gasteiger partial charge >= 0.3 is 0 Å². The Bertz CT molecular complexity index is 1160. The van der Waals surface area contributed by atoms with E-state index in [0.29, 0.717) is 29.2 Å². The van der Waals surface area contributed by atoms with Crippen LogP contribution in [0.25, 0.3) is 0 Å². The molecule has 5 atom stereocenters. The first-order valence-corrected chi connectivity index (χ1v) is 18.2. The normalized spacial score (nSPS) is 14.6. The van der Waals surface area contributed by atoms with E-state index in [-0.39, 0.29) is 42.7 Å². The number of aryl methyl sites for hydroxylation is 1. The predicted octanol–water partition coefficient (Wildman–Crippen LogP) is 11.3. The zero-order valence-corrected chi connectivity index (χ0v) is 30.7. The predicted molar refractivity (Wildman–Crippen MR) is 191 cm³/mol. The summed E-state index contributed by atoms with van der Waals surface area (Å²) in [5, 5.41) is 0. The zero-order chi connectivity index (χ0) is 34.1. The molecule has 6 heteroatoms. The van der Waals surface area contributed by atoms with Gasteiger partial charge in [-0.05, 0) is 109 Å². The molecule has 5 unspecified atom stereocenters. The molecule has 46 heavy (non-hydrogen) atoms. The molecule has 0 N–H and O–H groups in total. The summed E-state index contributed by atoms with van der Waals surface area (Å²) in [6, 6.07) is 9.80. The van der Waals surface area contributed by atoms with Crippen molar-refractivity contribution >= 4 is 5.78 Å². The van der Waals surface area contributed by atoms with Gasteiger partial charge in [-0.1, -0.05) is 66.7 Å². The maximum atomic E-state index is 14.4. The minimum atomic E-state index is -0.0808. The van der Waals surface area contributed by atoms with Crippen LogP contribution >= 0.6 is 0 Å². The van der Waals surface area contributed by atoms with Gasteiger partial charge in [-0.3, -0.25) is 4.79 Å². The van der Waals surface area contributed by atoms with Crippen LogP contribution in [0.15, 0.2) is 30.3 Å². The van der Waals surface area contributed by atoms with Gasteiger partial charge in [0.15, 0.2) is 17.3 Å². The number of carbonyl (C=O) groups excluding carboxylic acids is 1. The van der Waals surface area contributed by atoms with E-state index in [9.17, 15) is 4.79 Å². The lowest BCUT2D eigenvalue weighted by molar-refractivity contribution is 0.0962. The molecule has 260 valence electrons. The second-order valence-electron chi connectivity index (χ2n) is 13.0. The molecule has 0 spiro atoms. The first-order chi connectivity index (χ1) is 22.1. The highest BCUT2D eigenvalue weighted by atomic mass is 16.5. The van der Waals surface area contributed by atoms with E-state index in [2.05, 4.69) is 69.2 Å². The number of rotatable bonds is 24. The van der Waals surface area contributed by atoms with Gasteiger partial charge in [-0.2, -0.15) is 0 Å². The number of carbonyl (C=O) groups is 1. The number of benzene rings is 2. The van der Waals surface area contributed by atoms with Gasteiger partial charge in [-0.15, -0.1) is 0 Å². The van der Waals surface area contributed by atoms with Gasteiger partial charge in [0.1, 0.15) is 22.8 Å². The molecule has 0 aliphatic rings. The Morgan fingerprint density at radius 2 is 0.957 bits per heavy atom. The Morgan fingerprint density at radius 3 is 1.48 bits per heavy atom. The van der Waals surface area contributed by atoms with E-state index in [1.165, 1.54) is 0 Å². The first kappa shape index (κ1) is 39.3. The molecule has 6 nitrogen and oxygen atoms in total. The molecule has 0 saturated carbocycles. The van der Waals surface area contributed by atoms with Crippen molar-refractivity contribution in [3.8, 4) is 28.7 Å². The molecule has 2 aromatic rings. The molecular weight excluding hydrogens is 576 g/mol. The summed E-state index contributed by atoms with van der Waals surface area (Å²) in [5.74, 6) is 3.21. The lowest BCUT2D eigenvalue weighted by Crippen LogP contribution is -2.20. The maximum Gasteiger partial charge on any atom is 0.176 e. The molecule has 0 bridgehead atoms. The van der Waals surface area contributed by atoms with Gasteiger partial charge < -0.3 is 23.7 Å². The van der Waals surface area contributed by atoms with Crippen molar-refractivity contribution in [3.63, 3.8) is 0 Å². The van der Waals surface area contributed by atoms with Crippen molar-refractivity contribution in [1.29, 1.82) is 0 Å². The molecular formula is C40H64O6. The average Bonchev–Trinajstić information content (AvgIpc) is 2.99. The fourth-order valence-electron chi connectivity index (χ4n) is 5.84. The lowest BCUT2D eigenvalue weighted by atomic mass is 9.99. The number of Topliss-reactive ketones (excluding diaryl/α,β-unsaturated/α-hetero) is 1. The van der Waals surface area contributed by atoms with E-state index < -0.39 is 0 Å². The van der Waals surface area contributed by atoms with Crippen LogP contribution < -0.4 is 23.7 Å². The number of hydrogen-bond donors (Lipinski definition) is 0. The third-order valence-corrected chi connectivity index (χ3v) is 8.13. The largest absolute Gasteiger partial charge is 0.491 e. The van der Waals surface area contributed by atoms with Gasteiger partial charge in [-0.25, -0.2) is 0 Å². The standard InChI is InChI=1S/C40H64O6/c1-11-16-28(6)42-34-22-24-36(43-29(7)17-12-2)33(27-34)21-23-35(41)39-37(44-30(8)18-13-3)25-26-38(45-31(9)19-14-4)40(39)46-32(10)20-15-5/h22,24-32H,11-21,23H2,1-10H3. The van der Waals surface area contributed by atoms with E-state index in [1.54, 1.807) is 0 Å². The minimum absolute atomic E-state index is 0.00905. The van der Waals surface area contributed by atoms with E-state index in [4.69, 9.17) is 23.7 Å². The summed E-state index contributed by atoms with van der Waals surface area (Å²) in [6.45, 7) is 21.1. The third kappa shape index (κ3) is 13.1. The van der Waals surface area contributed by atoms with E-state index in [0.717, 1.165) is 81.3 Å². The molecule has 2 aromatic carbocycles.